The molecule has 1 aromatic carbocycles. The maximum absolute atomic E-state index is 11.5. The largest absolute Gasteiger partial charge is 0.462 e. The van der Waals surface area contributed by atoms with Crippen LogP contribution in [0.4, 0.5) is 11.5 Å². The van der Waals surface area contributed by atoms with Gasteiger partial charge in [0, 0.05) is 10.7 Å². The molecule has 0 unspecified atom stereocenters. The van der Waals surface area contributed by atoms with Gasteiger partial charge in [0.2, 0.25) is 0 Å². The Morgan fingerprint density at radius 3 is 2.86 bits per heavy atom. The van der Waals surface area contributed by atoms with E-state index in [0.29, 0.717) is 29.2 Å². The average molecular weight is 346 g/mol. The molecule has 0 bridgehead atoms. The Bertz CT molecular complexity index is 693. The first-order valence-electron chi connectivity index (χ1n) is 6.24. The van der Waals surface area contributed by atoms with Crippen LogP contribution < -0.4 is 5.32 Å². The number of pyridine rings is 1. The SMILES string of the molecule is CCOC(=O)c1ccc(Nc2ccc(Br)cc2C#N)nc1. The van der Waals surface area contributed by atoms with Crippen LogP contribution in [0.5, 0.6) is 0 Å². The van der Waals surface area contributed by atoms with Gasteiger partial charge in [-0.2, -0.15) is 5.26 Å². The van der Waals surface area contributed by atoms with Gasteiger partial charge < -0.3 is 10.1 Å². The van der Waals surface area contributed by atoms with Crippen molar-refractivity contribution in [3.63, 3.8) is 0 Å². The zero-order valence-corrected chi connectivity index (χ0v) is 12.8. The highest BCUT2D eigenvalue weighted by Gasteiger charge is 2.08. The summed E-state index contributed by atoms with van der Waals surface area (Å²) in [5.41, 5.74) is 1.54. The average Bonchev–Trinajstić information content (AvgIpc) is 2.50. The Morgan fingerprint density at radius 1 is 1.43 bits per heavy atom. The molecule has 0 saturated carbocycles. The Hall–Kier alpha value is -2.39. The number of carbonyl (C=O) groups is 1. The third-order valence-electron chi connectivity index (χ3n) is 2.64. The molecule has 2 rings (SSSR count). The van der Waals surface area contributed by atoms with E-state index in [9.17, 15) is 4.79 Å². The predicted octanol–water partition coefficient (Wildman–Crippen LogP) is 3.64. The van der Waals surface area contributed by atoms with E-state index in [1.54, 1.807) is 31.2 Å². The zero-order valence-electron chi connectivity index (χ0n) is 11.3. The third-order valence-corrected chi connectivity index (χ3v) is 3.13. The summed E-state index contributed by atoms with van der Waals surface area (Å²) in [5, 5.41) is 12.1. The number of rotatable bonds is 4. The maximum atomic E-state index is 11.5. The van der Waals surface area contributed by atoms with Gasteiger partial charge in [-0.15, -0.1) is 0 Å². The summed E-state index contributed by atoms with van der Waals surface area (Å²) in [6, 6.07) is 10.7. The summed E-state index contributed by atoms with van der Waals surface area (Å²) >= 11 is 3.32. The van der Waals surface area contributed by atoms with Crippen LogP contribution >= 0.6 is 15.9 Å². The van der Waals surface area contributed by atoms with Crippen LogP contribution in [-0.2, 0) is 4.74 Å². The fourth-order valence-electron chi connectivity index (χ4n) is 1.66. The number of carbonyl (C=O) groups excluding carboxylic acids is 1. The van der Waals surface area contributed by atoms with Crippen molar-refractivity contribution in [1.29, 1.82) is 5.26 Å². The van der Waals surface area contributed by atoms with Gasteiger partial charge in [-0.25, -0.2) is 9.78 Å². The monoisotopic (exact) mass is 345 g/mol. The number of nitrogens with zero attached hydrogens (tertiary/aromatic N) is 2. The molecule has 1 N–H and O–H groups in total. The molecule has 106 valence electrons. The maximum Gasteiger partial charge on any atom is 0.339 e. The summed E-state index contributed by atoms with van der Waals surface area (Å²) < 4.78 is 5.72. The zero-order chi connectivity index (χ0) is 15.2. The van der Waals surface area contributed by atoms with Crippen molar-refractivity contribution in [3.8, 4) is 6.07 Å². The minimum absolute atomic E-state index is 0.323. The number of nitriles is 1. The standard InChI is InChI=1S/C15H12BrN3O2/c1-2-21-15(20)10-3-6-14(18-9-10)19-13-5-4-12(16)7-11(13)8-17/h3-7,9H,2H2,1H3,(H,18,19). The summed E-state index contributed by atoms with van der Waals surface area (Å²) in [4.78, 5) is 15.7. The van der Waals surface area contributed by atoms with Crippen molar-refractivity contribution in [2.75, 3.05) is 11.9 Å². The van der Waals surface area contributed by atoms with E-state index in [1.165, 1.54) is 6.20 Å². The van der Waals surface area contributed by atoms with Crippen molar-refractivity contribution in [3.05, 3.63) is 52.1 Å². The molecular formula is C15H12BrN3O2. The number of aromatic nitrogens is 1. The van der Waals surface area contributed by atoms with Crippen LogP contribution in [0, 0.1) is 11.3 Å². The van der Waals surface area contributed by atoms with Gasteiger partial charge in [0.25, 0.3) is 0 Å². The second-order valence-electron chi connectivity index (χ2n) is 4.08. The van der Waals surface area contributed by atoms with Gasteiger partial charge in [0.15, 0.2) is 0 Å². The van der Waals surface area contributed by atoms with Crippen LogP contribution in [-0.4, -0.2) is 17.6 Å². The van der Waals surface area contributed by atoms with Gasteiger partial charge in [0.05, 0.1) is 23.4 Å². The molecule has 0 fully saturated rings. The van der Waals surface area contributed by atoms with E-state index in [0.717, 1.165) is 4.47 Å². The molecular weight excluding hydrogens is 334 g/mol. The second-order valence-corrected chi connectivity index (χ2v) is 4.99. The summed E-state index contributed by atoms with van der Waals surface area (Å²) in [6.07, 6.45) is 1.44. The molecule has 0 spiro atoms. The van der Waals surface area contributed by atoms with E-state index in [2.05, 4.69) is 32.3 Å². The molecule has 0 aliphatic carbocycles. The van der Waals surface area contributed by atoms with Crippen molar-refractivity contribution in [2.24, 2.45) is 0 Å². The Labute approximate surface area is 130 Å². The Morgan fingerprint density at radius 2 is 2.24 bits per heavy atom. The number of hydrogen-bond donors (Lipinski definition) is 1. The molecule has 5 nitrogen and oxygen atoms in total. The minimum atomic E-state index is -0.405. The predicted molar refractivity (Wildman–Crippen MR) is 82.3 cm³/mol. The van der Waals surface area contributed by atoms with E-state index in [4.69, 9.17) is 10.00 Å². The number of ether oxygens (including phenoxy) is 1. The second kappa shape index (κ2) is 6.86. The Balaban J connectivity index is 2.18. The van der Waals surface area contributed by atoms with E-state index >= 15 is 0 Å². The van der Waals surface area contributed by atoms with Crippen LogP contribution in [0.2, 0.25) is 0 Å². The van der Waals surface area contributed by atoms with Crippen molar-refractivity contribution >= 4 is 33.4 Å². The number of hydrogen-bond acceptors (Lipinski definition) is 5. The molecule has 1 aromatic heterocycles. The van der Waals surface area contributed by atoms with E-state index in [-0.39, 0.29) is 0 Å². The topological polar surface area (TPSA) is 75.0 Å². The van der Waals surface area contributed by atoms with Crippen LogP contribution in [0.25, 0.3) is 0 Å². The highest BCUT2D eigenvalue weighted by molar-refractivity contribution is 9.10. The number of esters is 1. The van der Waals surface area contributed by atoms with Crippen molar-refractivity contribution in [2.45, 2.75) is 6.92 Å². The first kappa shape index (κ1) is 15.0. The van der Waals surface area contributed by atoms with Crippen molar-refractivity contribution in [1.82, 2.24) is 4.98 Å². The molecule has 0 radical (unpaired) electrons. The van der Waals surface area contributed by atoms with Crippen LogP contribution in [0.15, 0.2) is 41.0 Å². The number of halogens is 1. The third kappa shape index (κ3) is 3.80. The molecule has 6 heteroatoms. The summed E-state index contributed by atoms with van der Waals surface area (Å²) in [5.74, 6) is 0.139. The minimum Gasteiger partial charge on any atom is -0.462 e. The van der Waals surface area contributed by atoms with Gasteiger partial charge in [-0.1, -0.05) is 15.9 Å². The first-order valence-corrected chi connectivity index (χ1v) is 7.03. The molecule has 0 atom stereocenters. The number of nitrogens with one attached hydrogen (secondary N) is 1. The van der Waals surface area contributed by atoms with E-state index in [1.807, 2.05) is 6.07 Å². The van der Waals surface area contributed by atoms with Crippen LogP contribution in [0.3, 0.4) is 0 Å². The quantitative estimate of drug-likeness (QED) is 0.856. The lowest BCUT2D eigenvalue weighted by molar-refractivity contribution is 0.0526. The molecule has 0 amide bonds. The van der Waals surface area contributed by atoms with Gasteiger partial charge in [-0.05, 0) is 37.3 Å². The molecule has 1 heterocycles. The van der Waals surface area contributed by atoms with E-state index < -0.39 is 5.97 Å². The van der Waals surface area contributed by atoms with Gasteiger partial charge in [0.1, 0.15) is 11.9 Å². The highest BCUT2D eigenvalue weighted by Crippen LogP contribution is 2.23. The fraction of sp³-hybridized carbons (Fsp3) is 0.133. The normalized spacial score (nSPS) is 9.76. The summed E-state index contributed by atoms with van der Waals surface area (Å²) in [6.45, 7) is 2.07. The molecule has 0 saturated heterocycles. The van der Waals surface area contributed by atoms with Crippen LogP contribution in [0.1, 0.15) is 22.8 Å². The van der Waals surface area contributed by atoms with Gasteiger partial charge in [-0.3, -0.25) is 0 Å². The molecule has 0 aliphatic rings. The lowest BCUT2D eigenvalue weighted by Gasteiger charge is -2.08. The number of anilines is 2. The molecule has 0 aliphatic heterocycles. The number of benzene rings is 1. The molecule has 21 heavy (non-hydrogen) atoms. The lowest BCUT2D eigenvalue weighted by atomic mass is 10.2. The van der Waals surface area contributed by atoms with Gasteiger partial charge >= 0.3 is 5.97 Å². The Kier molecular flexibility index (Phi) is 4.90. The molecule has 2 aromatic rings. The highest BCUT2D eigenvalue weighted by atomic mass is 79.9. The van der Waals surface area contributed by atoms with Crippen molar-refractivity contribution < 1.29 is 9.53 Å². The smallest absolute Gasteiger partial charge is 0.339 e. The lowest BCUT2D eigenvalue weighted by Crippen LogP contribution is -2.05. The first-order chi connectivity index (χ1) is 10.1. The summed E-state index contributed by atoms with van der Waals surface area (Å²) in [7, 11) is 0. The fourth-order valence-corrected chi connectivity index (χ4v) is 2.02.